The molecule has 0 aliphatic rings. The van der Waals surface area contributed by atoms with Crippen LogP contribution in [-0.4, -0.2) is 6.54 Å². The molecule has 0 saturated heterocycles. The van der Waals surface area contributed by atoms with E-state index < -0.39 is 0 Å². The third-order valence-electron chi connectivity index (χ3n) is 1.28. The molecule has 58 valence electrons. The van der Waals surface area contributed by atoms with Crippen LogP contribution in [0.4, 0.5) is 0 Å². The smallest absolute Gasteiger partial charge is 0.0115 e. The predicted molar refractivity (Wildman–Crippen MR) is 46.9 cm³/mol. The zero-order chi connectivity index (χ0) is 7.82. The summed E-state index contributed by atoms with van der Waals surface area (Å²) in [5.74, 6) is 0. The molecule has 0 amide bonds. The van der Waals surface area contributed by atoms with Gasteiger partial charge in [0.15, 0.2) is 0 Å². The number of hydrogen-bond acceptors (Lipinski definition) is 1. The minimum atomic E-state index is 0.981. The number of nitrogens with one attached hydrogen (secondary N) is 1. The summed E-state index contributed by atoms with van der Waals surface area (Å²) < 4.78 is 0. The first-order valence-electron chi connectivity index (χ1n) is 3.84. The van der Waals surface area contributed by atoms with Gasteiger partial charge in [-0.15, -0.1) is 0 Å². The van der Waals surface area contributed by atoms with Crippen molar-refractivity contribution in [2.45, 2.75) is 26.7 Å². The molecule has 10 heavy (non-hydrogen) atoms. The van der Waals surface area contributed by atoms with Gasteiger partial charge in [-0.05, 0) is 26.7 Å². The lowest BCUT2D eigenvalue weighted by Crippen LogP contribution is -2.10. The van der Waals surface area contributed by atoms with Crippen molar-refractivity contribution in [3.8, 4) is 0 Å². The fourth-order valence-corrected chi connectivity index (χ4v) is 0.763. The predicted octanol–water partition coefficient (Wildman–Crippen LogP) is 2.47. The highest BCUT2D eigenvalue weighted by Crippen LogP contribution is 1.98. The third kappa shape index (κ3) is 5.42. The summed E-state index contributed by atoms with van der Waals surface area (Å²) in [4.78, 5) is 0. The Kier molecular flexibility index (Phi) is 5.94. The lowest BCUT2D eigenvalue weighted by Gasteiger charge is -2.03. The van der Waals surface area contributed by atoms with Crippen LogP contribution in [-0.2, 0) is 0 Å². The highest BCUT2D eigenvalue weighted by Gasteiger charge is 1.86. The van der Waals surface area contributed by atoms with Crippen molar-refractivity contribution in [3.63, 3.8) is 0 Å². The molecule has 0 rings (SSSR count). The summed E-state index contributed by atoms with van der Waals surface area (Å²) >= 11 is 0. The SMILES string of the molecule is C=C(CC/C=C\C)NCC. The fourth-order valence-electron chi connectivity index (χ4n) is 0.763. The second kappa shape index (κ2) is 6.40. The Morgan fingerprint density at radius 3 is 2.80 bits per heavy atom. The maximum Gasteiger partial charge on any atom is 0.0115 e. The quantitative estimate of drug-likeness (QED) is 0.577. The Labute approximate surface area is 63.8 Å². The average molecular weight is 139 g/mol. The highest BCUT2D eigenvalue weighted by atomic mass is 14.9. The Bertz CT molecular complexity index is 114. The average Bonchev–Trinajstić information content (AvgIpc) is 1.89. The molecule has 0 heterocycles. The summed E-state index contributed by atoms with van der Waals surface area (Å²) in [6.45, 7) is 8.97. The molecule has 0 bridgehead atoms. The van der Waals surface area contributed by atoms with Gasteiger partial charge in [-0.1, -0.05) is 18.7 Å². The van der Waals surface area contributed by atoms with Crippen molar-refractivity contribution >= 4 is 0 Å². The summed E-state index contributed by atoms with van der Waals surface area (Å²) in [6.07, 6.45) is 6.38. The Morgan fingerprint density at radius 2 is 2.30 bits per heavy atom. The van der Waals surface area contributed by atoms with Crippen LogP contribution < -0.4 is 5.32 Å². The van der Waals surface area contributed by atoms with Crippen LogP contribution in [0, 0.1) is 0 Å². The summed E-state index contributed by atoms with van der Waals surface area (Å²) in [6, 6.07) is 0. The van der Waals surface area contributed by atoms with Gasteiger partial charge in [-0.2, -0.15) is 0 Å². The van der Waals surface area contributed by atoms with Gasteiger partial charge >= 0.3 is 0 Å². The van der Waals surface area contributed by atoms with E-state index in [0.29, 0.717) is 0 Å². The monoisotopic (exact) mass is 139 g/mol. The van der Waals surface area contributed by atoms with Crippen LogP contribution in [0.3, 0.4) is 0 Å². The number of hydrogen-bond donors (Lipinski definition) is 1. The van der Waals surface area contributed by atoms with Crippen LogP contribution in [0.5, 0.6) is 0 Å². The first-order chi connectivity index (χ1) is 4.81. The molecule has 0 aromatic carbocycles. The first-order valence-corrected chi connectivity index (χ1v) is 3.84. The summed E-state index contributed by atoms with van der Waals surface area (Å²) in [7, 11) is 0. The van der Waals surface area contributed by atoms with E-state index in [1.807, 2.05) is 6.92 Å². The summed E-state index contributed by atoms with van der Waals surface area (Å²) in [5, 5.41) is 3.18. The Balaban J connectivity index is 3.21. The number of rotatable bonds is 5. The van der Waals surface area contributed by atoms with Crippen molar-refractivity contribution in [1.82, 2.24) is 5.32 Å². The standard InChI is InChI=1S/C9H17N/c1-4-6-7-8-9(3)10-5-2/h4,6,10H,3,5,7-8H2,1-2H3/b6-4-. The van der Waals surface area contributed by atoms with Crippen LogP contribution in [0.2, 0.25) is 0 Å². The molecular weight excluding hydrogens is 122 g/mol. The minimum Gasteiger partial charge on any atom is -0.389 e. The second-order valence-electron chi connectivity index (χ2n) is 2.24. The third-order valence-corrected chi connectivity index (χ3v) is 1.28. The molecule has 0 atom stereocenters. The molecule has 0 unspecified atom stereocenters. The number of allylic oxidation sites excluding steroid dienone is 3. The maximum absolute atomic E-state index is 3.87. The lowest BCUT2D eigenvalue weighted by atomic mass is 10.2. The fraction of sp³-hybridized carbons (Fsp3) is 0.556. The molecule has 0 saturated carbocycles. The zero-order valence-electron chi connectivity index (χ0n) is 6.98. The first kappa shape index (κ1) is 9.28. The lowest BCUT2D eigenvalue weighted by molar-refractivity contribution is 0.786. The molecule has 0 aromatic rings. The van der Waals surface area contributed by atoms with Gasteiger partial charge in [0.05, 0.1) is 0 Å². The minimum absolute atomic E-state index is 0.981. The van der Waals surface area contributed by atoms with Crippen molar-refractivity contribution in [2.24, 2.45) is 0 Å². The molecule has 1 heteroatoms. The molecule has 1 nitrogen and oxygen atoms in total. The molecule has 0 aliphatic heterocycles. The molecule has 0 aliphatic carbocycles. The van der Waals surface area contributed by atoms with E-state index in [1.54, 1.807) is 0 Å². The van der Waals surface area contributed by atoms with Crippen molar-refractivity contribution < 1.29 is 0 Å². The highest BCUT2D eigenvalue weighted by molar-refractivity contribution is 4.93. The normalized spacial score (nSPS) is 10.2. The van der Waals surface area contributed by atoms with E-state index in [9.17, 15) is 0 Å². The van der Waals surface area contributed by atoms with E-state index >= 15 is 0 Å². The van der Waals surface area contributed by atoms with E-state index in [1.165, 1.54) is 0 Å². The van der Waals surface area contributed by atoms with E-state index in [4.69, 9.17) is 0 Å². The van der Waals surface area contributed by atoms with Crippen LogP contribution in [0.15, 0.2) is 24.4 Å². The van der Waals surface area contributed by atoms with Gasteiger partial charge in [0.1, 0.15) is 0 Å². The van der Waals surface area contributed by atoms with Gasteiger partial charge in [0.25, 0.3) is 0 Å². The molecular formula is C9H17N. The Hall–Kier alpha value is -0.720. The van der Waals surface area contributed by atoms with Crippen molar-refractivity contribution in [2.75, 3.05) is 6.54 Å². The summed E-state index contributed by atoms with van der Waals surface area (Å²) in [5.41, 5.74) is 1.14. The zero-order valence-corrected chi connectivity index (χ0v) is 6.98. The van der Waals surface area contributed by atoms with Crippen molar-refractivity contribution in [1.29, 1.82) is 0 Å². The van der Waals surface area contributed by atoms with Gasteiger partial charge in [0.2, 0.25) is 0 Å². The van der Waals surface area contributed by atoms with E-state index in [2.05, 4.69) is 31.0 Å². The van der Waals surface area contributed by atoms with Crippen LogP contribution >= 0.6 is 0 Å². The Morgan fingerprint density at radius 1 is 1.60 bits per heavy atom. The van der Waals surface area contributed by atoms with Gasteiger partial charge < -0.3 is 5.32 Å². The van der Waals surface area contributed by atoms with Crippen LogP contribution in [0.1, 0.15) is 26.7 Å². The topological polar surface area (TPSA) is 12.0 Å². The van der Waals surface area contributed by atoms with Gasteiger partial charge in [-0.25, -0.2) is 0 Å². The molecule has 0 fully saturated rings. The van der Waals surface area contributed by atoms with E-state index in [0.717, 1.165) is 25.1 Å². The van der Waals surface area contributed by atoms with Gasteiger partial charge in [-0.3, -0.25) is 0 Å². The molecule has 0 radical (unpaired) electrons. The molecule has 0 aromatic heterocycles. The maximum atomic E-state index is 3.87. The van der Waals surface area contributed by atoms with Crippen molar-refractivity contribution in [3.05, 3.63) is 24.4 Å². The molecule has 0 spiro atoms. The van der Waals surface area contributed by atoms with E-state index in [-0.39, 0.29) is 0 Å². The van der Waals surface area contributed by atoms with Gasteiger partial charge in [0, 0.05) is 12.2 Å². The second-order valence-corrected chi connectivity index (χ2v) is 2.24. The molecule has 1 N–H and O–H groups in total. The van der Waals surface area contributed by atoms with Crippen LogP contribution in [0.25, 0.3) is 0 Å². The largest absolute Gasteiger partial charge is 0.389 e.